The highest BCUT2D eigenvalue weighted by Gasteiger charge is 2.29. The van der Waals surface area contributed by atoms with Crippen LogP contribution in [0.25, 0.3) is 0 Å². The molecule has 0 spiro atoms. The number of hydrogen-bond acceptors (Lipinski definition) is 5. The van der Waals surface area contributed by atoms with E-state index in [9.17, 15) is 0 Å². The first-order chi connectivity index (χ1) is 11.6. The summed E-state index contributed by atoms with van der Waals surface area (Å²) in [5, 5.41) is 4.68. The van der Waals surface area contributed by atoms with Crippen LogP contribution in [0.3, 0.4) is 0 Å². The van der Waals surface area contributed by atoms with E-state index in [1.54, 1.807) is 0 Å². The number of nitrogens with one attached hydrogen (secondary N) is 1. The molecule has 2 fully saturated rings. The summed E-state index contributed by atoms with van der Waals surface area (Å²) >= 11 is 1.52. The van der Waals surface area contributed by atoms with Gasteiger partial charge in [0, 0.05) is 57.7 Å². The molecule has 134 valence electrons. The molecule has 2 heterocycles. The number of guanidine groups is 1. The molecular formula is C17H30N6S. The Hall–Kier alpha value is -1.37. The molecule has 1 saturated carbocycles. The maximum absolute atomic E-state index is 4.61. The van der Waals surface area contributed by atoms with Gasteiger partial charge in [-0.2, -0.15) is 4.37 Å². The maximum atomic E-state index is 4.61. The SMILES string of the molecule is CCc1nsc(N2CCN(C(=NC)NCC3(C)CCCC3)CC2)n1. The molecular weight excluding hydrogens is 320 g/mol. The Morgan fingerprint density at radius 3 is 2.54 bits per heavy atom. The number of anilines is 1. The Bertz CT molecular complexity index is 555. The minimum atomic E-state index is 0.445. The minimum absolute atomic E-state index is 0.445. The van der Waals surface area contributed by atoms with Crippen molar-refractivity contribution in [2.45, 2.75) is 46.0 Å². The van der Waals surface area contributed by atoms with Gasteiger partial charge in [-0.15, -0.1) is 0 Å². The largest absolute Gasteiger partial charge is 0.356 e. The summed E-state index contributed by atoms with van der Waals surface area (Å²) in [4.78, 5) is 13.8. The van der Waals surface area contributed by atoms with Crippen molar-refractivity contribution in [3.63, 3.8) is 0 Å². The fraction of sp³-hybridized carbons (Fsp3) is 0.824. The molecule has 0 unspecified atom stereocenters. The predicted octanol–water partition coefficient (Wildman–Crippen LogP) is 2.38. The topological polar surface area (TPSA) is 56.7 Å². The second-order valence-corrected chi connectivity index (χ2v) is 7.97. The summed E-state index contributed by atoms with van der Waals surface area (Å²) in [5.41, 5.74) is 0.445. The molecule has 1 N–H and O–H groups in total. The highest BCUT2D eigenvalue weighted by Crippen LogP contribution is 2.36. The van der Waals surface area contributed by atoms with E-state index in [0.717, 1.165) is 56.1 Å². The zero-order chi connectivity index (χ0) is 17.0. The molecule has 1 aliphatic carbocycles. The summed E-state index contributed by atoms with van der Waals surface area (Å²) < 4.78 is 4.40. The van der Waals surface area contributed by atoms with Crippen molar-refractivity contribution in [2.75, 3.05) is 44.7 Å². The van der Waals surface area contributed by atoms with Crippen LogP contribution in [0.5, 0.6) is 0 Å². The van der Waals surface area contributed by atoms with Gasteiger partial charge in [0.25, 0.3) is 0 Å². The molecule has 3 rings (SSSR count). The molecule has 1 aliphatic heterocycles. The number of piperazine rings is 1. The Morgan fingerprint density at radius 2 is 1.96 bits per heavy atom. The molecule has 1 aromatic rings. The molecule has 24 heavy (non-hydrogen) atoms. The Kier molecular flexibility index (Phi) is 5.58. The van der Waals surface area contributed by atoms with Gasteiger partial charge in [-0.1, -0.05) is 26.7 Å². The van der Waals surface area contributed by atoms with Crippen molar-refractivity contribution in [1.82, 2.24) is 19.6 Å². The third kappa shape index (κ3) is 3.99. The highest BCUT2D eigenvalue weighted by atomic mass is 32.1. The lowest BCUT2D eigenvalue weighted by atomic mass is 9.89. The van der Waals surface area contributed by atoms with Crippen molar-refractivity contribution in [1.29, 1.82) is 0 Å². The van der Waals surface area contributed by atoms with Gasteiger partial charge in [0.2, 0.25) is 5.13 Å². The van der Waals surface area contributed by atoms with E-state index in [2.05, 4.69) is 43.3 Å². The predicted molar refractivity (Wildman–Crippen MR) is 101 cm³/mol. The molecule has 0 bridgehead atoms. The first-order valence-electron chi connectivity index (χ1n) is 9.17. The molecule has 6 nitrogen and oxygen atoms in total. The standard InChI is InChI=1S/C17H30N6S/c1-4-14-20-16(24-21-14)23-11-9-22(10-12-23)15(18-3)19-13-17(2)7-5-6-8-17/h4-13H2,1-3H3,(H,18,19). The molecule has 2 aliphatic rings. The van der Waals surface area contributed by atoms with Crippen molar-refractivity contribution in [3.05, 3.63) is 5.82 Å². The van der Waals surface area contributed by atoms with E-state index in [4.69, 9.17) is 0 Å². The number of aryl methyl sites for hydroxylation is 1. The van der Waals surface area contributed by atoms with Crippen molar-refractivity contribution < 1.29 is 0 Å². The third-order valence-corrected chi connectivity index (χ3v) is 6.13. The second kappa shape index (κ2) is 7.68. The fourth-order valence-corrected chi connectivity index (χ4v) is 4.46. The van der Waals surface area contributed by atoms with Crippen LogP contribution in [-0.4, -0.2) is 60.0 Å². The first-order valence-corrected chi connectivity index (χ1v) is 9.94. The van der Waals surface area contributed by atoms with Gasteiger partial charge in [-0.3, -0.25) is 4.99 Å². The monoisotopic (exact) mass is 350 g/mol. The minimum Gasteiger partial charge on any atom is -0.356 e. The van der Waals surface area contributed by atoms with Crippen LogP contribution in [0.4, 0.5) is 5.13 Å². The number of aliphatic imine (C=N–C) groups is 1. The average Bonchev–Trinajstić information content (AvgIpc) is 3.25. The zero-order valence-electron chi connectivity index (χ0n) is 15.2. The van der Waals surface area contributed by atoms with Crippen molar-refractivity contribution in [2.24, 2.45) is 10.4 Å². The summed E-state index contributed by atoms with van der Waals surface area (Å²) in [6, 6.07) is 0. The smallest absolute Gasteiger partial charge is 0.205 e. The number of rotatable bonds is 4. The van der Waals surface area contributed by atoms with Gasteiger partial charge >= 0.3 is 0 Å². The average molecular weight is 351 g/mol. The molecule has 0 aromatic carbocycles. The summed E-state index contributed by atoms with van der Waals surface area (Å²) in [6.07, 6.45) is 6.32. The van der Waals surface area contributed by atoms with E-state index in [1.165, 1.54) is 37.2 Å². The van der Waals surface area contributed by atoms with Crippen LogP contribution >= 0.6 is 11.5 Å². The fourth-order valence-electron chi connectivity index (χ4n) is 3.66. The zero-order valence-corrected chi connectivity index (χ0v) is 16.0. The van der Waals surface area contributed by atoms with Crippen molar-refractivity contribution in [3.8, 4) is 0 Å². The molecule has 0 atom stereocenters. The Balaban J connectivity index is 1.50. The lowest BCUT2D eigenvalue weighted by Gasteiger charge is -2.37. The number of hydrogen-bond donors (Lipinski definition) is 1. The molecule has 0 amide bonds. The number of aromatic nitrogens is 2. The van der Waals surface area contributed by atoms with E-state index in [0.29, 0.717) is 5.41 Å². The van der Waals surface area contributed by atoms with Gasteiger partial charge in [0.1, 0.15) is 5.82 Å². The molecule has 0 radical (unpaired) electrons. The van der Waals surface area contributed by atoms with Crippen LogP contribution in [0.1, 0.15) is 45.4 Å². The van der Waals surface area contributed by atoms with Crippen molar-refractivity contribution >= 4 is 22.6 Å². The van der Waals surface area contributed by atoms with E-state index >= 15 is 0 Å². The summed E-state index contributed by atoms with van der Waals surface area (Å²) in [5.74, 6) is 2.01. The molecule has 1 saturated heterocycles. The quantitative estimate of drug-likeness (QED) is 0.667. The van der Waals surface area contributed by atoms with E-state index in [1.807, 2.05) is 7.05 Å². The normalized spacial score (nSPS) is 21.4. The second-order valence-electron chi connectivity index (χ2n) is 7.24. The van der Waals surface area contributed by atoms with E-state index in [-0.39, 0.29) is 0 Å². The van der Waals surface area contributed by atoms with Gasteiger partial charge in [0.05, 0.1) is 0 Å². The molecule has 7 heteroatoms. The lowest BCUT2D eigenvalue weighted by molar-refractivity contribution is 0.317. The first kappa shape index (κ1) is 17.5. The Labute approximate surface area is 149 Å². The lowest BCUT2D eigenvalue weighted by Crippen LogP contribution is -2.53. The third-order valence-electron chi connectivity index (χ3n) is 5.32. The van der Waals surface area contributed by atoms with E-state index < -0.39 is 0 Å². The summed E-state index contributed by atoms with van der Waals surface area (Å²) in [6.45, 7) is 9.47. The number of nitrogens with zero attached hydrogens (tertiary/aromatic N) is 5. The van der Waals surface area contributed by atoms with Gasteiger partial charge in [0.15, 0.2) is 5.96 Å². The van der Waals surface area contributed by atoms with Gasteiger partial charge < -0.3 is 15.1 Å². The van der Waals surface area contributed by atoms with Crippen LogP contribution in [0.2, 0.25) is 0 Å². The van der Waals surface area contributed by atoms with Gasteiger partial charge in [-0.05, 0) is 18.3 Å². The highest BCUT2D eigenvalue weighted by molar-refractivity contribution is 7.09. The van der Waals surface area contributed by atoms with Crippen LogP contribution in [-0.2, 0) is 6.42 Å². The van der Waals surface area contributed by atoms with Crippen LogP contribution < -0.4 is 10.2 Å². The maximum Gasteiger partial charge on any atom is 0.205 e. The van der Waals surface area contributed by atoms with Crippen LogP contribution in [0, 0.1) is 5.41 Å². The summed E-state index contributed by atoms with van der Waals surface area (Å²) in [7, 11) is 1.89. The van der Waals surface area contributed by atoms with Crippen LogP contribution in [0.15, 0.2) is 4.99 Å². The molecule has 1 aromatic heterocycles. The van der Waals surface area contributed by atoms with Gasteiger partial charge in [-0.25, -0.2) is 4.98 Å². The Morgan fingerprint density at radius 1 is 1.25 bits per heavy atom.